The Bertz CT molecular complexity index is 274. The van der Waals surface area contributed by atoms with E-state index in [1.807, 2.05) is 0 Å². The van der Waals surface area contributed by atoms with E-state index < -0.39 is 17.4 Å². The lowest BCUT2D eigenvalue weighted by Gasteiger charge is -1.98. The van der Waals surface area contributed by atoms with Crippen molar-refractivity contribution >= 4 is 6.04 Å². The zero-order chi connectivity index (χ0) is 8.43. The first-order chi connectivity index (χ1) is 5.13. The molecule has 0 aliphatic heterocycles. The van der Waals surface area contributed by atoms with Crippen LogP contribution in [0, 0.1) is 12.7 Å². The predicted octanol–water partition coefficient (Wildman–Crippen LogP) is 2.24. The summed E-state index contributed by atoms with van der Waals surface area (Å²) >= 11 is 0. The summed E-state index contributed by atoms with van der Waals surface area (Å²) in [6.07, 6.45) is 0. The number of halogens is 2. The fourth-order valence-electron chi connectivity index (χ4n) is 0.881. The molecule has 1 aromatic carbocycles. The first kappa shape index (κ1) is 7.85. The van der Waals surface area contributed by atoms with Crippen molar-refractivity contribution in [1.82, 2.24) is 0 Å². The maximum absolute atomic E-state index is 12.6. The highest BCUT2D eigenvalue weighted by molar-refractivity contribution is 5.90. The van der Waals surface area contributed by atoms with Gasteiger partial charge < -0.3 is 0 Å². The molecule has 0 unspecified atom stereocenters. The average molecular weight is 156 g/mol. The maximum Gasteiger partial charge on any atom is 0.335 e. The summed E-state index contributed by atoms with van der Waals surface area (Å²) in [4.78, 5) is 10.2. The van der Waals surface area contributed by atoms with Crippen molar-refractivity contribution in [2.45, 2.75) is 6.92 Å². The minimum absolute atomic E-state index is 0.317. The average Bonchev–Trinajstić information content (AvgIpc) is 1.85. The highest BCUT2D eigenvalue weighted by Gasteiger charge is 2.12. The van der Waals surface area contributed by atoms with Crippen molar-refractivity contribution in [2.24, 2.45) is 0 Å². The molecule has 0 N–H and O–H groups in total. The molecule has 0 bridgehead atoms. The second kappa shape index (κ2) is 2.78. The summed E-state index contributed by atoms with van der Waals surface area (Å²) in [6.45, 7) is 1.48. The lowest BCUT2D eigenvalue weighted by Crippen LogP contribution is -1.98. The Morgan fingerprint density at radius 1 is 1.45 bits per heavy atom. The number of rotatable bonds is 1. The Morgan fingerprint density at radius 3 is 2.45 bits per heavy atom. The van der Waals surface area contributed by atoms with E-state index in [4.69, 9.17) is 0 Å². The first-order valence-electron chi connectivity index (χ1n) is 3.08. The van der Waals surface area contributed by atoms with Crippen LogP contribution in [0.25, 0.3) is 0 Å². The van der Waals surface area contributed by atoms with Crippen molar-refractivity contribution in [1.29, 1.82) is 0 Å². The Labute approximate surface area is 62.7 Å². The second-order valence-corrected chi connectivity index (χ2v) is 2.21. The molecule has 1 aromatic rings. The molecule has 11 heavy (non-hydrogen) atoms. The van der Waals surface area contributed by atoms with Gasteiger partial charge in [0.05, 0.1) is 5.56 Å². The van der Waals surface area contributed by atoms with Crippen LogP contribution in [0.5, 0.6) is 0 Å². The molecular weight excluding hydrogens is 150 g/mol. The molecule has 0 spiro atoms. The molecule has 0 amide bonds. The van der Waals surface area contributed by atoms with Crippen LogP contribution in [0.15, 0.2) is 18.2 Å². The normalized spacial score (nSPS) is 9.73. The molecule has 3 heteroatoms. The highest BCUT2D eigenvalue weighted by atomic mass is 19.1. The summed E-state index contributed by atoms with van der Waals surface area (Å²) in [6, 6.07) is 2.24. The molecule has 0 saturated heterocycles. The Hall–Kier alpha value is -1.25. The fraction of sp³-hybridized carbons (Fsp3) is 0.125. The van der Waals surface area contributed by atoms with Crippen molar-refractivity contribution < 1.29 is 13.6 Å². The monoisotopic (exact) mass is 156 g/mol. The van der Waals surface area contributed by atoms with Crippen LogP contribution in [-0.2, 0) is 0 Å². The van der Waals surface area contributed by atoms with E-state index in [0.29, 0.717) is 5.56 Å². The topological polar surface area (TPSA) is 17.1 Å². The highest BCUT2D eigenvalue weighted by Crippen LogP contribution is 2.13. The van der Waals surface area contributed by atoms with Crippen molar-refractivity contribution in [2.75, 3.05) is 0 Å². The molecular formula is C8H6F2O. The Kier molecular flexibility index (Phi) is 1.98. The Morgan fingerprint density at radius 2 is 2.09 bits per heavy atom. The van der Waals surface area contributed by atoms with Crippen LogP contribution < -0.4 is 0 Å². The first-order valence-corrected chi connectivity index (χ1v) is 3.08. The van der Waals surface area contributed by atoms with Gasteiger partial charge >= 0.3 is 6.04 Å². The number of hydrogen-bond acceptors (Lipinski definition) is 1. The van der Waals surface area contributed by atoms with Crippen LogP contribution in [0.3, 0.4) is 0 Å². The fourth-order valence-corrected chi connectivity index (χ4v) is 0.881. The van der Waals surface area contributed by atoms with Crippen LogP contribution in [0.2, 0.25) is 0 Å². The van der Waals surface area contributed by atoms with E-state index >= 15 is 0 Å². The van der Waals surface area contributed by atoms with Gasteiger partial charge in [-0.05, 0) is 18.6 Å². The lowest BCUT2D eigenvalue weighted by atomic mass is 10.1. The van der Waals surface area contributed by atoms with Gasteiger partial charge in [-0.3, -0.25) is 4.79 Å². The van der Waals surface area contributed by atoms with E-state index in [1.54, 1.807) is 0 Å². The van der Waals surface area contributed by atoms with Crippen LogP contribution >= 0.6 is 0 Å². The molecule has 0 fully saturated rings. The third-order valence-electron chi connectivity index (χ3n) is 1.42. The predicted molar refractivity (Wildman–Crippen MR) is 36.6 cm³/mol. The second-order valence-electron chi connectivity index (χ2n) is 2.21. The van der Waals surface area contributed by atoms with Gasteiger partial charge in [-0.2, -0.15) is 4.39 Å². The summed E-state index contributed by atoms with van der Waals surface area (Å²) < 4.78 is 24.7. The molecule has 0 aliphatic carbocycles. The smallest absolute Gasteiger partial charge is 0.255 e. The molecule has 0 radical (unpaired) electrons. The minimum atomic E-state index is -1.72. The summed E-state index contributed by atoms with van der Waals surface area (Å²) in [5.74, 6) is -0.808. The third-order valence-corrected chi connectivity index (χ3v) is 1.42. The van der Waals surface area contributed by atoms with Gasteiger partial charge in [-0.25, -0.2) is 4.39 Å². The van der Waals surface area contributed by atoms with E-state index in [0.717, 1.165) is 6.07 Å². The van der Waals surface area contributed by atoms with Gasteiger partial charge in [0.15, 0.2) is 0 Å². The number of hydrogen-bond donors (Lipinski definition) is 0. The van der Waals surface area contributed by atoms with E-state index in [2.05, 4.69) is 0 Å². The molecule has 58 valence electrons. The maximum atomic E-state index is 12.6. The molecule has 0 aliphatic rings. The van der Waals surface area contributed by atoms with E-state index in [-0.39, 0.29) is 0 Å². The van der Waals surface area contributed by atoms with Gasteiger partial charge in [0.1, 0.15) is 5.82 Å². The zero-order valence-electron chi connectivity index (χ0n) is 5.90. The van der Waals surface area contributed by atoms with Crippen molar-refractivity contribution in [3.63, 3.8) is 0 Å². The summed E-state index contributed by atoms with van der Waals surface area (Å²) in [5, 5.41) is 0. The molecule has 0 heterocycles. The number of aryl methyl sites for hydroxylation is 1. The number of carbonyl (C=O) groups is 1. The third kappa shape index (κ3) is 1.42. The van der Waals surface area contributed by atoms with E-state index in [1.165, 1.54) is 19.1 Å². The van der Waals surface area contributed by atoms with Gasteiger partial charge in [-0.15, -0.1) is 0 Å². The molecule has 0 aromatic heterocycles. The van der Waals surface area contributed by atoms with Gasteiger partial charge in [0.25, 0.3) is 0 Å². The van der Waals surface area contributed by atoms with Crippen LogP contribution in [0.1, 0.15) is 15.9 Å². The standard InChI is InChI=1S/C8H6F2O/c1-5-3-2-4-6(9)7(5)8(10)11/h2-4H,1H3. The summed E-state index contributed by atoms with van der Waals surface area (Å²) in [5.41, 5.74) is -0.148. The van der Waals surface area contributed by atoms with Crippen LogP contribution in [0.4, 0.5) is 8.78 Å². The van der Waals surface area contributed by atoms with Crippen molar-refractivity contribution in [3.05, 3.63) is 35.1 Å². The number of benzene rings is 1. The molecule has 1 rings (SSSR count). The van der Waals surface area contributed by atoms with Gasteiger partial charge in [-0.1, -0.05) is 12.1 Å². The largest absolute Gasteiger partial charge is 0.335 e. The van der Waals surface area contributed by atoms with Crippen LogP contribution in [-0.4, -0.2) is 6.04 Å². The minimum Gasteiger partial charge on any atom is -0.255 e. The molecule has 1 nitrogen and oxygen atoms in total. The zero-order valence-corrected chi connectivity index (χ0v) is 5.90. The number of carbonyl (C=O) groups excluding carboxylic acids is 1. The van der Waals surface area contributed by atoms with Gasteiger partial charge in [0, 0.05) is 0 Å². The summed E-state index contributed by atoms with van der Waals surface area (Å²) in [7, 11) is 0. The quantitative estimate of drug-likeness (QED) is 0.570. The lowest BCUT2D eigenvalue weighted by molar-refractivity contribution is 0.0830. The molecule has 0 saturated carbocycles. The SMILES string of the molecule is Cc1cccc(F)c1C(=O)F. The van der Waals surface area contributed by atoms with E-state index in [9.17, 15) is 13.6 Å². The Balaban J connectivity index is 3.32. The molecule has 0 atom stereocenters. The van der Waals surface area contributed by atoms with Crippen molar-refractivity contribution in [3.8, 4) is 0 Å². The van der Waals surface area contributed by atoms with Gasteiger partial charge in [0.2, 0.25) is 0 Å².